The zero-order valence-electron chi connectivity index (χ0n) is 13.3. The van der Waals surface area contributed by atoms with Crippen LogP contribution in [0.3, 0.4) is 0 Å². The van der Waals surface area contributed by atoms with E-state index in [4.69, 9.17) is 4.52 Å². The fraction of sp³-hybridized carbons (Fsp3) is 0.375. The topological polar surface area (TPSA) is 70.4 Å². The molecule has 6 nitrogen and oxygen atoms in total. The molecule has 1 atom stereocenters. The predicted octanol–water partition coefficient (Wildman–Crippen LogP) is 2.13. The lowest BCUT2D eigenvalue weighted by molar-refractivity contribution is -0.118. The summed E-state index contributed by atoms with van der Waals surface area (Å²) in [7, 11) is 0. The van der Waals surface area contributed by atoms with E-state index in [1.54, 1.807) is 19.1 Å². The van der Waals surface area contributed by atoms with Crippen LogP contribution in [0.15, 0.2) is 34.9 Å². The third-order valence-electron chi connectivity index (χ3n) is 3.83. The number of piperazine rings is 1. The molecule has 0 bridgehead atoms. The monoisotopic (exact) mass is 354 g/mol. The van der Waals surface area contributed by atoms with Crippen molar-refractivity contribution in [2.75, 3.05) is 31.5 Å². The van der Waals surface area contributed by atoms with Crippen LogP contribution in [-0.4, -0.2) is 42.1 Å². The summed E-state index contributed by atoms with van der Waals surface area (Å²) in [4.78, 5) is 14.2. The van der Waals surface area contributed by atoms with Gasteiger partial charge in [0, 0.05) is 31.7 Å². The summed E-state index contributed by atoms with van der Waals surface area (Å²) in [6.07, 6.45) is 0. The minimum Gasteiger partial charge on any atom is -0.360 e. The Morgan fingerprint density at radius 2 is 2.33 bits per heavy atom. The first kappa shape index (κ1) is 18.4. The average Bonchev–Trinajstić information content (AvgIpc) is 2.92. The van der Waals surface area contributed by atoms with Crippen molar-refractivity contribution in [2.24, 2.45) is 0 Å². The molecule has 1 aliphatic rings. The molecule has 1 unspecified atom stereocenters. The van der Waals surface area contributed by atoms with E-state index in [1.165, 1.54) is 12.1 Å². The second kappa shape index (κ2) is 8.23. The second-order valence-corrected chi connectivity index (χ2v) is 5.62. The Labute approximate surface area is 145 Å². The number of aromatic nitrogens is 1. The Morgan fingerprint density at radius 3 is 3.04 bits per heavy atom. The molecular formula is C16H20ClFN4O2. The zero-order chi connectivity index (χ0) is 16.2. The number of carbonyl (C=O) groups excluding carboxylic acids is 1. The van der Waals surface area contributed by atoms with Gasteiger partial charge in [-0.15, -0.1) is 12.4 Å². The number of hydrogen-bond acceptors (Lipinski definition) is 5. The molecule has 2 heterocycles. The number of benzene rings is 1. The quantitative estimate of drug-likeness (QED) is 0.880. The molecule has 1 fully saturated rings. The first-order valence-electron chi connectivity index (χ1n) is 7.55. The molecule has 130 valence electrons. The Kier molecular flexibility index (Phi) is 6.30. The van der Waals surface area contributed by atoms with Gasteiger partial charge in [0.2, 0.25) is 5.91 Å². The zero-order valence-corrected chi connectivity index (χ0v) is 14.1. The van der Waals surface area contributed by atoms with E-state index in [2.05, 4.69) is 15.8 Å². The lowest BCUT2D eigenvalue weighted by Gasteiger charge is -2.35. The third-order valence-corrected chi connectivity index (χ3v) is 3.83. The molecule has 3 rings (SSSR count). The number of aryl methyl sites for hydroxylation is 1. The molecule has 1 aromatic carbocycles. The summed E-state index contributed by atoms with van der Waals surface area (Å²) in [5, 5.41) is 9.75. The number of nitrogens with one attached hydrogen (secondary N) is 2. The highest BCUT2D eigenvalue weighted by Gasteiger charge is 2.26. The van der Waals surface area contributed by atoms with Crippen LogP contribution in [0.5, 0.6) is 0 Å². The van der Waals surface area contributed by atoms with E-state index < -0.39 is 0 Å². The maximum absolute atomic E-state index is 13.5. The minimum absolute atomic E-state index is 0. The molecule has 2 N–H and O–H groups in total. The van der Waals surface area contributed by atoms with Crippen LogP contribution in [0.4, 0.5) is 10.2 Å². The average molecular weight is 355 g/mol. The smallest absolute Gasteiger partial charge is 0.239 e. The molecule has 1 aromatic heterocycles. The molecule has 1 amide bonds. The molecule has 8 heteroatoms. The summed E-state index contributed by atoms with van der Waals surface area (Å²) in [6, 6.07) is 8.14. The van der Waals surface area contributed by atoms with Gasteiger partial charge in [-0.25, -0.2) is 4.39 Å². The van der Waals surface area contributed by atoms with E-state index in [1.807, 2.05) is 11.0 Å². The first-order valence-corrected chi connectivity index (χ1v) is 7.55. The van der Waals surface area contributed by atoms with Gasteiger partial charge in [-0.2, -0.15) is 0 Å². The normalized spacial score (nSPS) is 18.0. The van der Waals surface area contributed by atoms with Crippen molar-refractivity contribution >= 4 is 24.1 Å². The highest BCUT2D eigenvalue weighted by molar-refractivity contribution is 5.91. The van der Waals surface area contributed by atoms with Gasteiger partial charge in [-0.1, -0.05) is 17.3 Å². The van der Waals surface area contributed by atoms with Gasteiger partial charge in [0.25, 0.3) is 0 Å². The van der Waals surface area contributed by atoms with E-state index in [0.29, 0.717) is 24.7 Å². The molecule has 1 aliphatic heterocycles. The first-order chi connectivity index (χ1) is 11.1. The summed E-state index contributed by atoms with van der Waals surface area (Å²) in [6.45, 7) is 4.17. The highest BCUT2D eigenvalue weighted by atomic mass is 35.5. The lowest BCUT2D eigenvalue weighted by atomic mass is 10.0. The van der Waals surface area contributed by atoms with Crippen molar-refractivity contribution in [1.82, 2.24) is 15.4 Å². The van der Waals surface area contributed by atoms with Crippen molar-refractivity contribution in [3.63, 3.8) is 0 Å². The molecule has 2 aromatic rings. The summed E-state index contributed by atoms with van der Waals surface area (Å²) in [5.41, 5.74) is 0.863. The fourth-order valence-electron chi connectivity index (χ4n) is 2.77. The third kappa shape index (κ3) is 4.53. The Bertz CT molecular complexity index is 694. The molecule has 0 radical (unpaired) electrons. The summed E-state index contributed by atoms with van der Waals surface area (Å²) < 4.78 is 18.4. The van der Waals surface area contributed by atoms with Crippen LogP contribution in [0, 0.1) is 12.7 Å². The number of hydrogen-bond donors (Lipinski definition) is 2. The Morgan fingerprint density at radius 1 is 1.50 bits per heavy atom. The summed E-state index contributed by atoms with van der Waals surface area (Å²) >= 11 is 0. The predicted molar refractivity (Wildman–Crippen MR) is 90.7 cm³/mol. The van der Waals surface area contributed by atoms with Crippen molar-refractivity contribution in [1.29, 1.82) is 0 Å². The number of nitrogens with zero attached hydrogens (tertiary/aromatic N) is 2. The van der Waals surface area contributed by atoms with E-state index in [0.717, 1.165) is 12.1 Å². The van der Waals surface area contributed by atoms with Crippen LogP contribution in [-0.2, 0) is 4.79 Å². The molecular weight excluding hydrogens is 335 g/mol. The Hall–Kier alpha value is -1.96. The van der Waals surface area contributed by atoms with Gasteiger partial charge in [0.05, 0.1) is 6.54 Å². The summed E-state index contributed by atoms with van der Waals surface area (Å²) in [5.74, 6) is 0.613. The van der Waals surface area contributed by atoms with Gasteiger partial charge < -0.3 is 15.2 Å². The molecule has 24 heavy (non-hydrogen) atoms. The maximum atomic E-state index is 13.5. The van der Waals surface area contributed by atoms with Gasteiger partial charge >= 0.3 is 0 Å². The van der Waals surface area contributed by atoms with Crippen molar-refractivity contribution in [3.8, 4) is 0 Å². The molecule has 1 saturated heterocycles. The van der Waals surface area contributed by atoms with Gasteiger partial charge in [0.1, 0.15) is 11.6 Å². The van der Waals surface area contributed by atoms with E-state index in [9.17, 15) is 9.18 Å². The number of carbonyl (C=O) groups is 1. The van der Waals surface area contributed by atoms with Crippen LogP contribution < -0.4 is 10.6 Å². The number of anilines is 1. The van der Waals surface area contributed by atoms with Crippen LogP contribution >= 0.6 is 12.4 Å². The van der Waals surface area contributed by atoms with Gasteiger partial charge in [-0.05, 0) is 24.6 Å². The van der Waals surface area contributed by atoms with Crippen LogP contribution in [0.1, 0.15) is 17.4 Å². The largest absolute Gasteiger partial charge is 0.360 e. The van der Waals surface area contributed by atoms with Gasteiger partial charge in [0.15, 0.2) is 5.82 Å². The number of halogens is 2. The van der Waals surface area contributed by atoms with E-state index in [-0.39, 0.29) is 36.7 Å². The minimum atomic E-state index is -0.268. The van der Waals surface area contributed by atoms with Crippen molar-refractivity contribution < 1.29 is 13.7 Å². The molecule has 0 spiro atoms. The molecule has 0 saturated carbocycles. The Balaban J connectivity index is 0.00000208. The van der Waals surface area contributed by atoms with Crippen molar-refractivity contribution in [2.45, 2.75) is 13.0 Å². The SMILES string of the molecule is Cc1cc(NC(=O)CN2CCNCC2c2cccc(F)c2)no1.Cl. The molecule has 0 aliphatic carbocycles. The van der Waals surface area contributed by atoms with Crippen LogP contribution in [0.25, 0.3) is 0 Å². The fourth-order valence-corrected chi connectivity index (χ4v) is 2.77. The number of amides is 1. The highest BCUT2D eigenvalue weighted by Crippen LogP contribution is 2.22. The van der Waals surface area contributed by atoms with Crippen molar-refractivity contribution in [3.05, 3.63) is 47.5 Å². The second-order valence-electron chi connectivity index (χ2n) is 5.62. The van der Waals surface area contributed by atoms with E-state index >= 15 is 0 Å². The number of rotatable bonds is 4. The maximum Gasteiger partial charge on any atom is 0.239 e. The standard InChI is InChI=1S/C16H19FN4O2.ClH/c1-11-7-15(20-23-11)19-16(22)10-21-6-5-18-9-14(21)12-3-2-4-13(17)8-12;/h2-4,7-8,14,18H,5-6,9-10H2,1H3,(H,19,20,22);1H. The van der Waals surface area contributed by atoms with Gasteiger partial charge in [-0.3, -0.25) is 9.69 Å². The lowest BCUT2D eigenvalue weighted by Crippen LogP contribution is -2.48. The van der Waals surface area contributed by atoms with Crippen LogP contribution in [0.2, 0.25) is 0 Å².